The third kappa shape index (κ3) is 1.08. The number of hydrogen-bond donors (Lipinski definition) is 0. The molecule has 0 heterocycles. The van der Waals surface area contributed by atoms with E-state index in [4.69, 9.17) is 0 Å². The Hall–Kier alpha value is -2.16. The van der Waals surface area contributed by atoms with Crippen LogP contribution >= 0.6 is 0 Å². The zero-order valence-corrected chi connectivity index (χ0v) is 8.46. The summed E-state index contributed by atoms with van der Waals surface area (Å²) in [5.41, 5.74) is 3.57. The Labute approximate surface area is 92.5 Å². The van der Waals surface area contributed by atoms with Gasteiger partial charge in [0.15, 0.2) is 0 Å². The SMILES string of the molecule is O=[N+]([O-])C1c2ccccc2-c2ccccc21. The summed E-state index contributed by atoms with van der Waals surface area (Å²) in [6.07, 6.45) is 0. The quantitative estimate of drug-likeness (QED) is 0.537. The molecule has 0 aliphatic heterocycles. The van der Waals surface area contributed by atoms with Gasteiger partial charge in [-0.05, 0) is 11.1 Å². The van der Waals surface area contributed by atoms with Crippen LogP contribution in [0.2, 0.25) is 0 Å². The molecule has 2 aromatic carbocycles. The molecule has 3 nitrogen and oxygen atoms in total. The lowest BCUT2D eigenvalue weighted by Gasteiger charge is -2.03. The zero-order chi connectivity index (χ0) is 11.1. The van der Waals surface area contributed by atoms with Gasteiger partial charge in [0.25, 0.3) is 6.04 Å². The molecule has 0 unspecified atom stereocenters. The standard InChI is InChI=1S/C13H9NO2/c15-14(16)13-11-7-3-1-5-9(11)10-6-2-4-8-12(10)13/h1-8,13H. The second kappa shape index (κ2) is 3.17. The summed E-state index contributed by atoms with van der Waals surface area (Å²) in [6.45, 7) is 0. The van der Waals surface area contributed by atoms with Crippen molar-refractivity contribution < 1.29 is 4.92 Å². The minimum atomic E-state index is -0.701. The minimum Gasteiger partial charge on any atom is -0.264 e. The molecule has 1 aliphatic rings. The topological polar surface area (TPSA) is 43.1 Å². The Kier molecular flexibility index (Phi) is 1.80. The molecule has 1 aliphatic carbocycles. The van der Waals surface area contributed by atoms with Crippen molar-refractivity contribution in [2.24, 2.45) is 0 Å². The highest BCUT2D eigenvalue weighted by molar-refractivity contribution is 5.77. The van der Waals surface area contributed by atoms with E-state index in [1.54, 1.807) is 0 Å². The van der Waals surface area contributed by atoms with Crippen LogP contribution in [0.5, 0.6) is 0 Å². The van der Waals surface area contributed by atoms with Gasteiger partial charge in [0.2, 0.25) is 0 Å². The fourth-order valence-corrected chi connectivity index (χ4v) is 2.36. The number of rotatable bonds is 1. The maximum atomic E-state index is 11.1. The Morgan fingerprint density at radius 1 is 0.875 bits per heavy atom. The highest BCUT2D eigenvalue weighted by Crippen LogP contribution is 2.44. The van der Waals surface area contributed by atoms with E-state index in [-0.39, 0.29) is 4.92 Å². The van der Waals surface area contributed by atoms with E-state index >= 15 is 0 Å². The van der Waals surface area contributed by atoms with Crippen molar-refractivity contribution in [3.63, 3.8) is 0 Å². The molecule has 0 spiro atoms. The summed E-state index contributed by atoms with van der Waals surface area (Å²) in [7, 11) is 0. The van der Waals surface area contributed by atoms with Gasteiger partial charge >= 0.3 is 0 Å². The lowest BCUT2D eigenvalue weighted by atomic mass is 10.1. The Morgan fingerprint density at radius 3 is 1.75 bits per heavy atom. The maximum Gasteiger partial charge on any atom is 0.264 e. The molecule has 78 valence electrons. The molecule has 0 aromatic heterocycles. The predicted octanol–water partition coefficient (Wildman–Crippen LogP) is 3.03. The van der Waals surface area contributed by atoms with Gasteiger partial charge in [0.1, 0.15) is 0 Å². The van der Waals surface area contributed by atoms with Crippen molar-refractivity contribution in [1.82, 2.24) is 0 Å². The molecule has 0 saturated carbocycles. The lowest BCUT2D eigenvalue weighted by Crippen LogP contribution is -2.08. The summed E-state index contributed by atoms with van der Waals surface area (Å²) in [4.78, 5) is 10.9. The van der Waals surface area contributed by atoms with Crippen LogP contribution in [0.15, 0.2) is 48.5 Å². The molecule has 0 bridgehead atoms. The van der Waals surface area contributed by atoms with Crippen molar-refractivity contribution in [3.8, 4) is 11.1 Å². The van der Waals surface area contributed by atoms with Crippen molar-refractivity contribution in [2.75, 3.05) is 0 Å². The van der Waals surface area contributed by atoms with Gasteiger partial charge in [0, 0.05) is 16.1 Å². The van der Waals surface area contributed by atoms with Gasteiger partial charge in [0.05, 0.1) is 0 Å². The summed E-state index contributed by atoms with van der Waals surface area (Å²) in [5.74, 6) is 0. The van der Waals surface area contributed by atoms with E-state index in [2.05, 4.69) is 0 Å². The van der Waals surface area contributed by atoms with E-state index in [0.717, 1.165) is 22.3 Å². The van der Waals surface area contributed by atoms with Gasteiger partial charge in [-0.15, -0.1) is 0 Å². The summed E-state index contributed by atoms with van der Waals surface area (Å²) in [6, 6.07) is 14.4. The molecule has 0 atom stereocenters. The van der Waals surface area contributed by atoms with Crippen LogP contribution < -0.4 is 0 Å². The van der Waals surface area contributed by atoms with Gasteiger partial charge < -0.3 is 0 Å². The van der Waals surface area contributed by atoms with Gasteiger partial charge in [-0.2, -0.15) is 0 Å². The van der Waals surface area contributed by atoms with Crippen LogP contribution in [0.25, 0.3) is 11.1 Å². The second-order valence-corrected chi connectivity index (χ2v) is 3.86. The van der Waals surface area contributed by atoms with Gasteiger partial charge in [-0.25, -0.2) is 0 Å². The Bertz CT molecular complexity index is 532. The van der Waals surface area contributed by atoms with Crippen molar-refractivity contribution in [2.45, 2.75) is 6.04 Å². The van der Waals surface area contributed by atoms with Crippen LogP contribution in [0.3, 0.4) is 0 Å². The molecule has 0 fully saturated rings. The molecule has 3 heteroatoms. The zero-order valence-electron chi connectivity index (χ0n) is 8.46. The molecule has 0 amide bonds. The van der Waals surface area contributed by atoms with Crippen LogP contribution in [0, 0.1) is 10.1 Å². The molecular weight excluding hydrogens is 202 g/mol. The number of nitrogens with zero attached hydrogens (tertiary/aromatic N) is 1. The molecule has 3 rings (SSSR count). The van der Waals surface area contributed by atoms with E-state index in [1.165, 1.54) is 0 Å². The average Bonchev–Trinajstić information content (AvgIpc) is 2.63. The third-order valence-electron chi connectivity index (χ3n) is 3.01. The minimum absolute atomic E-state index is 0.218. The lowest BCUT2D eigenvalue weighted by molar-refractivity contribution is -0.516. The first kappa shape index (κ1) is 9.09. The monoisotopic (exact) mass is 211 g/mol. The maximum absolute atomic E-state index is 11.1. The summed E-state index contributed by atoms with van der Waals surface area (Å²) >= 11 is 0. The molecule has 0 N–H and O–H groups in total. The van der Waals surface area contributed by atoms with Crippen molar-refractivity contribution in [1.29, 1.82) is 0 Å². The first-order valence-corrected chi connectivity index (χ1v) is 5.11. The molecule has 0 radical (unpaired) electrons. The van der Waals surface area contributed by atoms with Crippen LogP contribution in [0.1, 0.15) is 17.2 Å². The van der Waals surface area contributed by atoms with Crippen molar-refractivity contribution in [3.05, 3.63) is 69.8 Å². The highest BCUT2D eigenvalue weighted by Gasteiger charge is 2.36. The molecule has 0 saturated heterocycles. The first-order valence-electron chi connectivity index (χ1n) is 5.11. The molecular formula is C13H9NO2. The Balaban J connectivity index is 2.34. The normalized spacial score (nSPS) is 13.2. The number of hydrogen-bond acceptors (Lipinski definition) is 2. The highest BCUT2D eigenvalue weighted by atomic mass is 16.6. The third-order valence-corrected chi connectivity index (χ3v) is 3.01. The number of nitro groups is 1. The van der Waals surface area contributed by atoms with E-state index < -0.39 is 6.04 Å². The van der Waals surface area contributed by atoms with Crippen LogP contribution in [0.4, 0.5) is 0 Å². The summed E-state index contributed by atoms with van der Waals surface area (Å²) < 4.78 is 0. The van der Waals surface area contributed by atoms with E-state index in [1.807, 2.05) is 48.5 Å². The van der Waals surface area contributed by atoms with E-state index in [0.29, 0.717) is 0 Å². The largest absolute Gasteiger partial charge is 0.264 e. The second-order valence-electron chi connectivity index (χ2n) is 3.86. The van der Waals surface area contributed by atoms with Crippen molar-refractivity contribution >= 4 is 0 Å². The van der Waals surface area contributed by atoms with Gasteiger partial charge in [-0.3, -0.25) is 10.1 Å². The average molecular weight is 211 g/mol. The first-order chi connectivity index (χ1) is 7.79. The van der Waals surface area contributed by atoms with Gasteiger partial charge in [-0.1, -0.05) is 48.5 Å². The fourth-order valence-electron chi connectivity index (χ4n) is 2.36. The van der Waals surface area contributed by atoms with E-state index in [9.17, 15) is 10.1 Å². The summed E-state index contributed by atoms with van der Waals surface area (Å²) in [5, 5.41) is 11.1. The Morgan fingerprint density at radius 2 is 1.31 bits per heavy atom. The van der Waals surface area contributed by atoms with Crippen LogP contribution in [-0.2, 0) is 0 Å². The number of fused-ring (bicyclic) bond motifs is 3. The number of benzene rings is 2. The predicted molar refractivity (Wildman–Crippen MR) is 60.7 cm³/mol. The molecule has 2 aromatic rings. The smallest absolute Gasteiger partial charge is 0.264 e. The van der Waals surface area contributed by atoms with Crippen LogP contribution in [-0.4, -0.2) is 4.92 Å². The molecule has 16 heavy (non-hydrogen) atoms. The fraction of sp³-hybridized carbons (Fsp3) is 0.0769.